The Labute approximate surface area is 187 Å². The quantitative estimate of drug-likeness (QED) is 0.321. The Morgan fingerprint density at radius 2 is 2.11 bits per heavy atom. The van der Waals surface area contributed by atoms with Crippen molar-refractivity contribution in [2.45, 2.75) is 45.7 Å². The van der Waals surface area contributed by atoms with Crippen LogP contribution in [0.1, 0.15) is 44.5 Å². The largest absolute Gasteiger partial charge is 0.356 e. The predicted octanol–water partition coefficient (Wildman–Crippen LogP) is 3.64. The molecule has 3 atom stereocenters. The minimum atomic E-state index is 0. The van der Waals surface area contributed by atoms with Crippen LogP contribution in [-0.4, -0.2) is 68.6 Å². The van der Waals surface area contributed by atoms with E-state index >= 15 is 0 Å². The first-order valence-corrected chi connectivity index (χ1v) is 10.9. The molecule has 1 fully saturated rings. The van der Waals surface area contributed by atoms with E-state index in [4.69, 9.17) is 0 Å². The molecule has 0 aliphatic carbocycles. The molecule has 156 valence electrons. The molecular weight excluding hydrogens is 469 g/mol. The fourth-order valence-electron chi connectivity index (χ4n) is 4.05. The molecule has 1 aliphatic heterocycles. The van der Waals surface area contributed by atoms with Gasteiger partial charge in [0, 0.05) is 37.1 Å². The highest BCUT2D eigenvalue weighted by Crippen LogP contribution is 2.36. The Morgan fingerprint density at radius 3 is 2.70 bits per heavy atom. The highest BCUT2D eigenvalue weighted by atomic mass is 127. The fourth-order valence-corrected chi connectivity index (χ4v) is 5.03. The van der Waals surface area contributed by atoms with Crippen molar-refractivity contribution in [3.8, 4) is 0 Å². The zero-order valence-corrected chi connectivity index (χ0v) is 20.7. The first-order valence-electron chi connectivity index (χ1n) is 10.0. The number of nitrogens with zero attached hydrogens (tertiary/aromatic N) is 3. The van der Waals surface area contributed by atoms with Crippen LogP contribution in [0.4, 0.5) is 0 Å². The number of aliphatic imine (C=N–C) groups is 1. The molecule has 0 aromatic carbocycles. The molecule has 7 heteroatoms. The van der Waals surface area contributed by atoms with Crippen LogP contribution in [-0.2, 0) is 0 Å². The Hall–Kier alpha value is -0.380. The van der Waals surface area contributed by atoms with Crippen LogP contribution >= 0.6 is 35.3 Å². The summed E-state index contributed by atoms with van der Waals surface area (Å²) in [5.41, 5.74) is 0. The Balaban J connectivity index is 0.00000364. The summed E-state index contributed by atoms with van der Waals surface area (Å²) < 4.78 is 0. The molecule has 3 unspecified atom stereocenters. The summed E-state index contributed by atoms with van der Waals surface area (Å²) in [4.78, 5) is 10.9. The van der Waals surface area contributed by atoms with E-state index in [1.807, 2.05) is 18.4 Å². The minimum Gasteiger partial charge on any atom is -0.356 e. The average Bonchev–Trinajstić information content (AvgIpc) is 3.17. The number of piperidine rings is 1. The normalized spacial score (nSPS) is 22.4. The van der Waals surface area contributed by atoms with Gasteiger partial charge in [0.25, 0.3) is 0 Å². The van der Waals surface area contributed by atoms with Crippen LogP contribution in [0, 0.1) is 5.92 Å². The van der Waals surface area contributed by atoms with E-state index in [0.29, 0.717) is 18.0 Å². The number of nitrogens with one attached hydrogen (secondary N) is 2. The van der Waals surface area contributed by atoms with Gasteiger partial charge in [0.2, 0.25) is 0 Å². The zero-order chi connectivity index (χ0) is 18.9. The maximum atomic E-state index is 4.43. The third kappa shape index (κ3) is 7.18. The lowest BCUT2D eigenvalue weighted by Gasteiger charge is -2.39. The number of halogens is 1. The van der Waals surface area contributed by atoms with Crippen molar-refractivity contribution in [1.29, 1.82) is 0 Å². The number of hydrogen-bond donors (Lipinski definition) is 2. The smallest absolute Gasteiger partial charge is 0.191 e. The number of thiophene rings is 1. The lowest BCUT2D eigenvalue weighted by Crippen LogP contribution is -2.48. The Morgan fingerprint density at radius 1 is 1.37 bits per heavy atom. The molecule has 1 aliphatic rings. The summed E-state index contributed by atoms with van der Waals surface area (Å²) in [7, 11) is 4.12. The lowest BCUT2D eigenvalue weighted by molar-refractivity contribution is 0.125. The molecule has 2 rings (SSSR count). The summed E-state index contributed by atoms with van der Waals surface area (Å²) in [6.45, 7) is 12.0. The number of guanidine groups is 1. The van der Waals surface area contributed by atoms with Gasteiger partial charge >= 0.3 is 0 Å². The molecule has 2 heterocycles. The average molecular weight is 508 g/mol. The molecule has 5 nitrogen and oxygen atoms in total. The lowest BCUT2D eigenvalue weighted by atomic mass is 9.88. The minimum absolute atomic E-state index is 0. The highest BCUT2D eigenvalue weighted by molar-refractivity contribution is 14.0. The van der Waals surface area contributed by atoms with Crippen molar-refractivity contribution in [3.05, 3.63) is 22.4 Å². The molecule has 1 aromatic heterocycles. The van der Waals surface area contributed by atoms with E-state index in [-0.39, 0.29) is 24.0 Å². The molecule has 1 aromatic rings. The predicted molar refractivity (Wildman–Crippen MR) is 130 cm³/mol. The number of hydrogen-bond acceptors (Lipinski definition) is 4. The summed E-state index contributed by atoms with van der Waals surface area (Å²) in [5.74, 6) is 1.54. The van der Waals surface area contributed by atoms with Gasteiger partial charge in [-0.25, -0.2) is 0 Å². The monoisotopic (exact) mass is 507 g/mol. The van der Waals surface area contributed by atoms with Crippen LogP contribution in [0.25, 0.3) is 0 Å². The van der Waals surface area contributed by atoms with Crippen LogP contribution in [0.2, 0.25) is 0 Å². The van der Waals surface area contributed by atoms with Gasteiger partial charge in [-0.05, 0) is 63.8 Å². The van der Waals surface area contributed by atoms with Crippen molar-refractivity contribution in [3.63, 3.8) is 0 Å². The molecule has 0 radical (unpaired) electrons. The maximum Gasteiger partial charge on any atom is 0.191 e. The van der Waals surface area contributed by atoms with Crippen LogP contribution in [0.5, 0.6) is 0 Å². The van der Waals surface area contributed by atoms with Crippen molar-refractivity contribution in [2.75, 3.05) is 46.8 Å². The second-order valence-corrected chi connectivity index (χ2v) is 8.23. The first-order chi connectivity index (χ1) is 12.6. The second kappa shape index (κ2) is 13.0. The first kappa shape index (κ1) is 24.7. The Kier molecular flexibility index (Phi) is 11.8. The third-order valence-electron chi connectivity index (χ3n) is 5.60. The van der Waals surface area contributed by atoms with Crippen molar-refractivity contribution >= 4 is 41.3 Å². The fraction of sp³-hybridized carbons (Fsp3) is 0.750. The van der Waals surface area contributed by atoms with Gasteiger partial charge in [0.15, 0.2) is 5.96 Å². The molecule has 0 saturated carbocycles. The zero-order valence-electron chi connectivity index (χ0n) is 17.6. The van der Waals surface area contributed by atoms with Gasteiger partial charge in [0.05, 0.1) is 0 Å². The van der Waals surface area contributed by atoms with Gasteiger partial charge < -0.3 is 10.6 Å². The van der Waals surface area contributed by atoms with E-state index in [1.165, 1.54) is 24.3 Å². The third-order valence-corrected chi connectivity index (χ3v) is 6.54. The molecule has 0 amide bonds. The van der Waals surface area contributed by atoms with E-state index < -0.39 is 0 Å². The summed E-state index contributed by atoms with van der Waals surface area (Å²) in [6, 6.07) is 5.47. The van der Waals surface area contributed by atoms with Gasteiger partial charge in [-0.2, -0.15) is 0 Å². The van der Waals surface area contributed by atoms with Gasteiger partial charge in [-0.15, -0.1) is 35.3 Å². The molecule has 1 saturated heterocycles. The SMILES string of the molecule is CCN(CC)C(C)CNC(=NC)NCC1CCCN(C)C1c1cccs1.I. The number of likely N-dealkylation sites (tertiary alicyclic amines) is 1. The second-order valence-electron chi connectivity index (χ2n) is 7.25. The van der Waals surface area contributed by atoms with E-state index in [1.54, 1.807) is 0 Å². The summed E-state index contributed by atoms with van der Waals surface area (Å²) in [6.07, 6.45) is 2.54. The van der Waals surface area contributed by atoms with Crippen molar-refractivity contribution in [1.82, 2.24) is 20.4 Å². The highest BCUT2D eigenvalue weighted by Gasteiger charge is 2.31. The van der Waals surface area contributed by atoms with E-state index in [0.717, 1.165) is 32.1 Å². The van der Waals surface area contributed by atoms with Gasteiger partial charge in [-0.3, -0.25) is 14.8 Å². The molecule has 2 N–H and O–H groups in total. The van der Waals surface area contributed by atoms with E-state index in [9.17, 15) is 0 Å². The maximum absolute atomic E-state index is 4.43. The van der Waals surface area contributed by atoms with E-state index in [2.05, 4.69) is 70.8 Å². The summed E-state index contributed by atoms with van der Waals surface area (Å²) in [5, 5.41) is 9.28. The van der Waals surface area contributed by atoms with Crippen molar-refractivity contribution < 1.29 is 0 Å². The van der Waals surface area contributed by atoms with Gasteiger partial charge in [-0.1, -0.05) is 19.9 Å². The molecule has 0 spiro atoms. The topological polar surface area (TPSA) is 42.9 Å². The molecular formula is C20H38IN5S. The van der Waals surface area contributed by atoms with Crippen LogP contribution in [0.3, 0.4) is 0 Å². The van der Waals surface area contributed by atoms with Crippen LogP contribution in [0.15, 0.2) is 22.5 Å². The number of likely N-dealkylation sites (N-methyl/N-ethyl adjacent to an activating group) is 1. The molecule has 0 bridgehead atoms. The number of rotatable bonds is 8. The standard InChI is InChI=1S/C20H37N5S.HI/c1-6-25(7-2)16(3)14-22-20(21-4)23-15-17-10-8-12-24(5)19(17)18-11-9-13-26-18;/h9,11,13,16-17,19H,6-8,10,12,14-15H2,1-5H3,(H2,21,22,23);1H. The van der Waals surface area contributed by atoms with Gasteiger partial charge in [0.1, 0.15) is 0 Å². The Bertz CT molecular complexity index is 532. The van der Waals surface area contributed by atoms with Crippen LogP contribution < -0.4 is 10.6 Å². The van der Waals surface area contributed by atoms with Crippen molar-refractivity contribution in [2.24, 2.45) is 10.9 Å². The summed E-state index contributed by atoms with van der Waals surface area (Å²) >= 11 is 1.88. The molecule has 27 heavy (non-hydrogen) atoms.